The topological polar surface area (TPSA) is 69.2 Å². The number of benzene rings is 3. The molecule has 2 aromatic heterocycles. The first-order valence-electron chi connectivity index (χ1n) is 10.4. The molecular formula is C27H20N2O3S. The van der Waals surface area contributed by atoms with Gasteiger partial charge in [-0.05, 0) is 65.2 Å². The van der Waals surface area contributed by atoms with Crippen molar-refractivity contribution in [2.45, 2.75) is 16.4 Å². The van der Waals surface area contributed by atoms with E-state index in [-0.39, 0.29) is 9.79 Å². The number of ether oxygens (including phenoxy) is 1. The van der Waals surface area contributed by atoms with Crippen molar-refractivity contribution in [2.75, 3.05) is 0 Å². The van der Waals surface area contributed by atoms with Gasteiger partial charge in [-0.25, -0.2) is 8.42 Å². The Morgan fingerprint density at radius 3 is 2.36 bits per heavy atom. The first-order chi connectivity index (χ1) is 16.1. The van der Waals surface area contributed by atoms with E-state index in [4.69, 9.17) is 4.74 Å². The first kappa shape index (κ1) is 20.8. The SMILES string of the molecule is O=S(=O)(c1cccc(-c2ccncc2)c1)c1ccc(OCc2ccccc2)c2ncccc12. The molecule has 0 unspecified atom stereocenters. The van der Waals surface area contributed by atoms with E-state index in [1.807, 2.05) is 48.5 Å². The minimum absolute atomic E-state index is 0.199. The van der Waals surface area contributed by atoms with Gasteiger partial charge in [0, 0.05) is 24.0 Å². The average Bonchev–Trinajstić information content (AvgIpc) is 2.88. The lowest BCUT2D eigenvalue weighted by molar-refractivity contribution is 0.309. The van der Waals surface area contributed by atoms with Crippen LogP contribution in [0.3, 0.4) is 0 Å². The van der Waals surface area contributed by atoms with Crippen LogP contribution in [0.25, 0.3) is 22.0 Å². The summed E-state index contributed by atoms with van der Waals surface area (Å²) in [5.41, 5.74) is 3.24. The zero-order valence-corrected chi connectivity index (χ0v) is 18.4. The fraction of sp³-hybridized carbons (Fsp3) is 0.0370. The molecular weight excluding hydrogens is 432 g/mol. The molecule has 5 aromatic rings. The summed E-state index contributed by atoms with van der Waals surface area (Å²) in [6.07, 6.45) is 5.01. The number of rotatable bonds is 6. The van der Waals surface area contributed by atoms with Gasteiger partial charge in [-0.3, -0.25) is 9.97 Å². The van der Waals surface area contributed by atoms with E-state index in [0.717, 1.165) is 16.7 Å². The Kier molecular flexibility index (Phi) is 5.59. The predicted octanol–water partition coefficient (Wildman–Crippen LogP) is 5.71. The largest absolute Gasteiger partial charge is 0.487 e. The van der Waals surface area contributed by atoms with Crippen LogP contribution in [0.2, 0.25) is 0 Å². The normalized spacial score (nSPS) is 11.4. The molecule has 0 fully saturated rings. The third kappa shape index (κ3) is 4.21. The quantitative estimate of drug-likeness (QED) is 0.330. The maximum absolute atomic E-state index is 13.6. The highest BCUT2D eigenvalue weighted by Gasteiger charge is 2.22. The van der Waals surface area contributed by atoms with E-state index in [0.29, 0.717) is 23.3 Å². The van der Waals surface area contributed by atoms with Crippen LogP contribution in [-0.2, 0) is 16.4 Å². The fourth-order valence-electron chi connectivity index (χ4n) is 3.72. The molecule has 0 saturated heterocycles. The second-order valence-electron chi connectivity index (χ2n) is 7.50. The summed E-state index contributed by atoms with van der Waals surface area (Å²) in [7, 11) is -3.79. The van der Waals surface area contributed by atoms with Gasteiger partial charge >= 0.3 is 0 Å². The minimum Gasteiger partial charge on any atom is -0.487 e. The Morgan fingerprint density at radius 1 is 0.727 bits per heavy atom. The van der Waals surface area contributed by atoms with Gasteiger partial charge in [0.1, 0.15) is 17.9 Å². The summed E-state index contributed by atoms with van der Waals surface area (Å²) >= 11 is 0. The summed E-state index contributed by atoms with van der Waals surface area (Å²) in [6, 6.07) is 27.2. The second-order valence-corrected chi connectivity index (χ2v) is 9.42. The molecule has 0 saturated carbocycles. The molecule has 0 radical (unpaired) electrons. The van der Waals surface area contributed by atoms with Crippen LogP contribution in [0, 0.1) is 0 Å². The van der Waals surface area contributed by atoms with E-state index >= 15 is 0 Å². The van der Waals surface area contributed by atoms with Gasteiger partial charge in [-0.15, -0.1) is 0 Å². The van der Waals surface area contributed by atoms with E-state index in [1.54, 1.807) is 61.1 Å². The summed E-state index contributed by atoms with van der Waals surface area (Å²) < 4.78 is 33.3. The Morgan fingerprint density at radius 2 is 1.55 bits per heavy atom. The highest BCUT2D eigenvalue weighted by Crippen LogP contribution is 2.34. The lowest BCUT2D eigenvalue weighted by Crippen LogP contribution is -2.05. The number of fused-ring (bicyclic) bond motifs is 1. The van der Waals surface area contributed by atoms with Gasteiger partial charge in [0.15, 0.2) is 0 Å². The second kappa shape index (κ2) is 8.84. The monoisotopic (exact) mass is 452 g/mol. The van der Waals surface area contributed by atoms with Crippen molar-refractivity contribution >= 4 is 20.7 Å². The summed E-state index contributed by atoms with van der Waals surface area (Å²) in [5, 5.41) is 0.525. The van der Waals surface area contributed by atoms with Crippen molar-refractivity contribution in [3.8, 4) is 16.9 Å². The van der Waals surface area contributed by atoms with Crippen molar-refractivity contribution in [3.05, 3.63) is 115 Å². The smallest absolute Gasteiger partial charge is 0.207 e. The van der Waals surface area contributed by atoms with Crippen molar-refractivity contribution in [2.24, 2.45) is 0 Å². The third-order valence-corrected chi connectivity index (χ3v) is 7.19. The number of nitrogens with zero attached hydrogens (tertiary/aromatic N) is 2. The average molecular weight is 453 g/mol. The van der Waals surface area contributed by atoms with Crippen molar-refractivity contribution in [3.63, 3.8) is 0 Å². The molecule has 0 aliphatic rings. The van der Waals surface area contributed by atoms with Crippen molar-refractivity contribution in [1.29, 1.82) is 0 Å². The molecule has 0 aliphatic heterocycles. The lowest BCUT2D eigenvalue weighted by Gasteiger charge is -2.13. The van der Waals surface area contributed by atoms with E-state index in [9.17, 15) is 8.42 Å². The number of aromatic nitrogens is 2. The number of pyridine rings is 2. The Hall–Kier alpha value is -4.03. The first-order valence-corrected chi connectivity index (χ1v) is 11.9. The van der Waals surface area contributed by atoms with Gasteiger partial charge in [0.05, 0.1) is 9.79 Å². The van der Waals surface area contributed by atoms with Gasteiger partial charge in [0.2, 0.25) is 9.84 Å². The lowest BCUT2D eigenvalue weighted by atomic mass is 10.1. The fourth-order valence-corrected chi connectivity index (χ4v) is 5.22. The molecule has 0 spiro atoms. The van der Waals surface area contributed by atoms with Crippen molar-refractivity contribution in [1.82, 2.24) is 9.97 Å². The zero-order valence-electron chi connectivity index (χ0n) is 17.6. The maximum Gasteiger partial charge on any atom is 0.207 e. The molecule has 0 aliphatic carbocycles. The van der Waals surface area contributed by atoms with E-state index < -0.39 is 9.84 Å². The zero-order chi connectivity index (χ0) is 22.7. The highest BCUT2D eigenvalue weighted by molar-refractivity contribution is 7.91. The summed E-state index contributed by atoms with van der Waals surface area (Å²) in [4.78, 5) is 8.88. The van der Waals surface area contributed by atoms with Crippen LogP contribution in [0.5, 0.6) is 5.75 Å². The summed E-state index contributed by atoms with van der Waals surface area (Å²) in [5.74, 6) is 0.541. The highest BCUT2D eigenvalue weighted by atomic mass is 32.2. The molecule has 5 rings (SSSR count). The van der Waals surface area contributed by atoms with Gasteiger partial charge < -0.3 is 4.74 Å². The van der Waals surface area contributed by atoms with E-state index in [2.05, 4.69) is 9.97 Å². The van der Waals surface area contributed by atoms with Crippen LogP contribution >= 0.6 is 0 Å². The van der Waals surface area contributed by atoms with Crippen LogP contribution in [0.1, 0.15) is 5.56 Å². The molecule has 33 heavy (non-hydrogen) atoms. The Balaban J connectivity index is 1.55. The van der Waals surface area contributed by atoms with Gasteiger partial charge in [0.25, 0.3) is 0 Å². The van der Waals surface area contributed by atoms with E-state index in [1.165, 1.54) is 0 Å². The molecule has 0 amide bonds. The molecule has 6 heteroatoms. The van der Waals surface area contributed by atoms with Gasteiger partial charge in [-0.1, -0.05) is 42.5 Å². The molecule has 0 bridgehead atoms. The van der Waals surface area contributed by atoms with Crippen LogP contribution < -0.4 is 4.74 Å². The van der Waals surface area contributed by atoms with Crippen LogP contribution in [0.4, 0.5) is 0 Å². The number of sulfone groups is 1. The third-order valence-electron chi connectivity index (χ3n) is 5.38. The maximum atomic E-state index is 13.6. The molecule has 5 nitrogen and oxygen atoms in total. The molecule has 0 atom stereocenters. The van der Waals surface area contributed by atoms with Crippen LogP contribution in [0.15, 0.2) is 119 Å². The number of hydrogen-bond acceptors (Lipinski definition) is 5. The minimum atomic E-state index is -3.79. The summed E-state index contributed by atoms with van der Waals surface area (Å²) in [6.45, 7) is 0.368. The van der Waals surface area contributed by atoms with Crippen LogP contribution in [-0.4, -0.2) is 18.4 Å². The van der Waals surface area contributed by atoms with Gasteiger partial charge in [-0.2, -0.15) is 0 Å². The molecule has 0 N–H and O–H groups in total. The Labute approximate surface area is 192 Å². The Bertz CT molecular complexity index is 1520. The number of hydrogen-bond donors (Lipinski definition) is 0. The molecule has 3 aromatic carbocycles. The van der Waals surface area contributed by atoms with Crippen molar-refractivity contribution < 1.29 is 13.2 Å². The molecule has 162 valence electrons. The molecule has 2 heterocycles. The predicted molar refractivity (Wildman–Crippen MR) is 128 cm³/mol. The standard InChI is InChI=1S/C27H20N2O3S/c30-33(31,23-9-4-8-22(18-23)21-13-16-28-17-14-21)26-12-11-25(27-24(26)10-5-15-29-27)32-19-20-6-2-1-3-7-20/h1-18H,19H2.